The van der Waals surface area contributed by atoms with E-state index in [1.807, 2.05) is 13.8 Å². The molecule has 0 fully saturated rings. The first-order valence-corrected chi connectivity index (χ1v) is 13.9. The molecule has 1 N–H and O–H groups in total. The van der Waals surface area contributed by atoms with Gasteiger partial charge in [0.25, 0.3) is 10.0 Å². The quantitative estimate of drug-likeness (QED) is 0.404. The normalized spacial score (nSPS) is 14.1. The molecular weight excluding hydrogens is 480 g/mol. The monoisotopic (exact) mass is 510 g/mol. The summed E-state index contributed by atoms with van der Waals surface area (Å²) in [4.78, 5) is 13.3. The van der Waals surface area contributed by atoms with E-state index in [0.29, 0.717) is 17.1 Å². The lowest BCUT2D eigenvalue weighted by Crippen LogP contribution is -2.42. The summed E-state index contributed by atoms with van der Waals surface area (Å²) in [6.07, 6.45) is 5.27. The van der Waals surface area contributed by atoms with Gasteiger partial charge in [-0.05, 0) is 86.1 Å². The number of hydrogen-bond acceptors (Lipinski definition) is 3. The number of fused-ring (bicyclic) bond motifs is 1. The number of nitrogens with one attached hydrogen (secondary N) is 1. The topological polar surface area (TPSA) is 66.5 Å². The molecule has 7 heteroatoms. The molecule has 0 saturated carbocycles. The zero-order valence-electron chi connectivity index (χ0n) is 20.1. The molecule has 0 spiro atoms. The largest absolute Gasteiger partial charge is 0.348 e. The van der Waals surface area contributed by atoms with Crippen LogP contribution in [0.25, 0.3) is 0 Å². The number of sulfonamides is 1. The Morgan fingerprint density at radius 3 is 2.40 bits per heavy atom. The zero-order chi connectivity index (χ0) is 25.0. The van der Waals surface area contributed by atoms with E-state index < -0.39 is 10.0 Å². The number of anilines is 1. The maximum atomic E-state index is 13.6. The molecule has 0 radical (unpaired) electrons. The smallest absolute Gasteiger partial charge is 0.264 e. The molecule has 0 heterocycles. The van der Waals surface area contributed by atoms with Crippen molar-refractivity contribution in [2.24, 2.45) is 0 Å². The minimum absolute atomic E-state index is 0.123. The average molecular weight is 511 g/mol. The van der Waals surface area contributed by atoms with Gasteiger partial charge in [0.2, 0.25) is 5.91 Å². The highest BCUT2D eigenvalue weighted by molar-refractivity contribution is 7.92. The number of benzene rings is 3. The van der Waals surface area contributed by atoms with E-state index in [2.05, 4.69) is 23.5 Å². The summed E-state index contributed by atoms with van der Waals surface area (Å²) in [6, 6.07) is 19.4. The standard InChI is InChI=1S/C28H31ClN2O3S/c1-3-27(23-14-13-21-7-4-5-8-22(21)17-23)30-28(32)19-31(25-10-6-9-24(29)18-25)35(33,34)26-15-11-20(2)12-16-26/h6,9-18,27H,3-5,7-8,19H2,1-2H3,(H,30,32)/t27-/m0/s1. The van der Waals surface area contributed by atoms with Crippen LogP contribution in [0.1, 0.15) is 54.5 Å². The van der Waals surface area contributed by atoms with Gasteiger partial charge in [-0.25, -0.2) is 8.42 Å². The van der Waals surface area contributed by atoms with E-state index in [0.717, 1.165) is 28.3 Å². The van der Waals surface area contributed by atoms with Gasteiger partial charge in [-0.15, -0.1) is 0 Å². The maximum Gasteiger partial charge on any atom is 0.264 e. The third-order valence-corrected chi connectivity index (χ3v) is 8.53. The van der Waals surface area contributed by atoms with Crippen LogP contribution in [-0.4, -0.2) is 20.9 Å². The van der Waals surface area contributed by atoms with Gasteiger partial charge in [0.1, 0.15) is 6.54 Å². The van der Waals surface area contributed by atoms with Gasteiger partial charge in [0.05, 0.1) is 16.6 Å². The van der Waals surface area contributed by atoms with E-state index in [-0.39, 0.29) is 23.4 Å². The predicted octanol–water partition coefficient (Wildman–Crippen LogP) is 5.99. The SMILES string of the molecule is CC[C@H](NC(=O)CN(c1cccc(Cl)c1)S(=O)(=O)c1ccc(C)cc1)c1ccc2c(c1)CCCC2. The number of carbonyl (C=O) groups excluding carboxylic acids is 1. The lowest BCUT2D eigenvalue weighted by molar-refractivity contribution is -0.120. The zero-order valence-corrected chi connectivity index (χ0v) is 21.7. The molecule has 1 atom stereocenters. The average Bonchev–Trinajstić information content (AvgIpc) is 2.85. The summed E-state index contributed by atoms with van der Waals surface area (Å²) in [5.41, 5.74) is 5.08. The number of rotatable bonds is 8. The molecule has 0 unspecified atom stereocenters. The van der Waals surface area contributed by atoms with Crippen molar-refractivity contribution < 1.29 is 13.2 Å². The van der Waals surface area contributed by atoms with E-state index in [9.17, 15) is 13.2 Å². The molecule has 1 amide bonds. The molecule has 0 bridgehead atoms. The van der Waals surface area contributed by atoms with Crippen LogP contribution < -0.4 is 9.62 Å². The second-order valence-electron chi connectivity index (χ2n) is 9.07. The first-order chi connectivity index (χ1) is 16.8. The highest BCUT2D eigenvalue weighted by atomic mass is 35.5. The highest BCUT2D eigenvalue weighted by Crippen LogP contribution is 2.28. The molecule has 1 aliphatic rings. The molecule has 4 rings (SSSR count). The Balaban J connectivity index is 1.60. The lowest BCUT2D eigenvalue weighted by atomic mass is 9.89. The molecule has 3 aromatic carbocycles. The molecule has 1 aliphatic carbocycles. The van der Waals surface area contributed by atoms with Crippen molar-refractivity contribution in [1.29, 1.82) is 0 Å². The van der Waals surface area contributed by atoms with Crippen LogP contribution in [0.15, 0.2) is 71.6 Å². The molecular formula is C28H31ClN2O3S. The van der Waals surface area contributed by atoms with Gasteiger partial charge in [0, 0.05) is 5.02 Å². The Kier molecular flexibility index (Phi) is 7.82. The molecule has 184 valence electrons. The fourth-order valence-electron chi connectivity index (χ4n) is 4.55. The van der Waals surface area contributed by atoms with Crippen LogP contribution in [0, 0.1) is 6.92 Å². The van der Waals surface area contributed by atoms with Crippen molar-refractivity contribution in [3.05, 3.63) is 94.0 Å². The van der Waals surface area contributed by atoms with Crippen LogP contribution in [-0.2, 0) is 27.7 Å². The summed E-state index contributed by atoms with van der Waals surface area (Å²) in [5.74, 6) is -0.370. The Labute approximate surface area is 213 Å². The van der Waals surface area contributed by atoms with Gasteiger partial charge in [-0.1, -0.05) is 60.5 Å². The summed E-state index contributed by atoms with van der Waals surface area (Å²) < 4.78 is 28.3. The number of carbonyl (C=O) groups is 1. The number of hydrogen-bond donors (Lipinski definition) is 1. The van der Waals surface area contributed by atoms with Gasteiger partial charge in [-0.2, -0.15) is 0 Å². The van der Waals surface area contributed by atoms with E-state index in [1.165, 1.54) is 24.0 Å². The minimum atomic E-state index is -3.99. The Morgan fingerprint density at radius 2 is 1.71 bits per heavy atom. The summed E-state index contributed by atoms with van der Waals surface area (Å²) in [7, 11) is -3.99. The van der Waals surface area contributed by atoms with Crippen LogP contribution in [0.5, 0.6) is 0 Å². The molecule has 35 heavy (non-hydrogen) atoms. The van der Waals surface area contributed by atoms with Crippen molar-refractivity contribution in [3.63, 3.8) is 0 Å². The first-order valence-electron chi connectivity index (χ1n) is 12.0. The van der Waals surface area contributed by atoms with Crippen molar-refractivity contribution in [2.75, 3.05) is 10.8 Å². The van der Waals surface area contributed by atoms with Crippen molar-refractivity contribution >= 4 is 33.2 Å². The Bertz CT molecular complexity index is 1310. The van der Waals surface area contributed by atoms with E-state index in [1.54, 1.807) is 48.5 Å². The lowest BCUT2D eigenvalue weighted by Gasteiger charge is -2.26. The Morgan fingerprint density at radius 1 is 1.00 bits per heavy atom. The molecule has 0 aliphatic heterocycles. The van der Waals surface area contributed by atoms with Gasteiger partial charge in [0.15, 0.2) is 0 Å². The maximum absolute atomic E-state index is 13.6. The van der Waals surface area contributed by atoms with E-state index >= 15 is 0 Å². The fourth-order valence-corrected chi connectivity index (χ4v) is 6.14. The number of halogens is 1. The van der Waals surface area contributed by atoms with Crippen LogP contribution in [0.4, 0.5) is 5.69 Å². The number of nitrogens with zero attached hydrogens (tertiary/aromatic N) is 1. The van der Waals surface area contributed by atoms with Crippen molar-refractivity contribution in [2.45, 2.75) is 56.9 Å². The third kappa shape index (κ3) is 5.88. The van der Waals surface area contributed by atoms with Crippen molar-refractivity contribution in [1.82, 2.24) is 5.32 Å². The molecule has 0 saturated heterocycles. The molecule has 3 aromatic rings. The Hall–Kier alpha value is -2.83. The highest BCUT2D eigenvalue weighted by Gasteiger charge is 2.28. The summed E-state index contributed by atoms with van der Waals surface area (Å²) >= 11 is 6.17. The first kappa shape index (κ1) is 25.3. The second-order valence-corrected chi connectivity index (χ2v) is 11.4. The predicted molar refractivity (Wildman–Crippen MR) is 141 cm³/mol. The molecule has 5 nitrogen and oxygen atoms in total. The van der Waals surface area contributed by atoms with Crippen molar-refractivity contribution in [3.8, 4) is 0 Å². The van der Waals surface area contributed by atoms with Crippen LogP contribution in [0.2, 0.25) is 5.02 Å². The third-order valence-electron chi connectivity index (χ3n) is 6.51. The van der Waals surface area contributed by atoms with E-state index in [4.69, 9.17) is 11.6 Å². The number of amides is 1. The van der Waals surface area contributed by atoms with Gasteiger partial charge in [-0.3, -0.25) is 9.10 Å². The molecule has 0 aromatic heterocycles. The summed E-state index contributed by atoms with van der Waals surface area (Å²) in [5, 5.41) is 3.46. The minimum Gasteiger partial charge on any atom is -0.348 e. The fraction of sp³-hybridized carbons (Fsp3) is 0.321. The van der Waals surface area contributed by atoms with Gasteiger partial charge < -0.3 is 5.32 Å². The van der Waals surface area contributed by atoms with Gasteiger partial charge >= 0.3 is 0 Å². The summed E-state index contributed by atoms with van der Waals surface area (Å²) in [6.45, 7) is 3.56. The van der Waals surface area contributed by atoms with Crippen LogP contribution >= 0.6 is 11.6 Å². The number of aryl methyl sites for hydroxylation is 3. The van der Waals surface area contributed by atoms with Crippen LogP contribution in [0.3, 0.4) is 0 Å². The second kappa shape index (κ2) is 10.8.